The minimum Gasteiger partial charge on any atom is -0.480 e. The van der Waals surface area contributed by atoms with Gasteiger partial charge in [-0.1, -0.05) is 23.7 Å². The Kier molecular flexibility index (Phi) is 4.82. The zero-order valence-corrected chi connectivity index (χ0v) is 13.0. The maximum atomic E-state index is 12.3. The highest BCUT2D eigenvalue weighted by atomic mass is 35.5. The smallest absolute Gasteiger partial charge is 0.323 e. The average molecular weight is 322 g/mol. The lowest BCUT2D eigenvalue weighted by Crippen LogP contribution is -2.35. The third kappa shape index (κ3) is 3.28. The molecule has 1 heterocycles. The molecule has 1 amide bonds. The normalized spacial score (nSPS) is 10.5. The number of carboxylic acids is 1. The predicted molar refractivity (Wildman–Crippen MR) is 82.5 cm³/mol. The average Bonchev–Trinajstić information content (AvgIpc) is 2.86. The number of hydrogen-bond donors (Lipinski definition) is 1. The summed E-state index contributed by atoms with van der Waals surface area (Å²) in [5.41, 5.74) is 1.60. The van der Waals surface area contributed by atoms with E-state index in [1.165, 1.54) is 4.90 Å². The van der Waals surface area contributed by atoms with Crippen LogP contribution < -0.4 is 0 Å². The number of aryl methyl sites for hydroxylation is 1. The summed E-state index contributed by atoms with van der Waals surface area (Å²) >= 11 is 6.14. The van der Waals surface area contributed by atoms with Crippen molar-refractivity contribution in [3.05, 3.63) is 46.7 Å². The van der Waals surface area contributed by atoms with E-state index in [4.69, 9.17) is 16.7 Å². The van der Waals surface area contributed by atoms with E-state index in [9.17, 15) is 9.59 Å². The van der Waals surface area contributed by atoms with E-state index in [0.717, 1.165) is 5.69 Å². The zero-order chi connectivity index (χ0) is 16.3. The van der Waals surface area contributed by atoms with Gasteiger partial charge in [0.2, 0.25) is 0 Å². The fraction of sp³-hybridized carbons (Fsp3) is 0.267. The molecule has 1 aromatic heterocycles. The molecular weight excluding hydrogens is 306 g/mol. The fourth-order valence-corrected chi connectivity index (χ4v) is 2.31. The lowest BCUT2D eigenvalue weighted by molar-refractivity contribution is -0.137. The topological polar surface area (TPSA) is 75.4 Å². The summed E-state index contributed by atoms with van der Waals surface area (Å²) in [5, 5.41) is 13.6. The Morgan fingerprint density at radius 3 is 2.64 bits per heavy atom. The zero-order valence-electron chi connectivity index (χ0n) is 12.3. The van der Waals surface area contributed by atoms with Crippen molar-refractivity contribution in [1.82, 2.24) is 14.7 Å². The highest BCUT2D eigenvalue weighted by molar-refractivity contribution is 6.32. The first-order chi connectivity index (χ1) is 10.4. The monoisotopic (exact) mass is 321 g/mol. The lowest BCUT2D eigenvalue weighted by atomic mass is 10.3. The number of halogens is 1. The number of carboxylic acid groups (broad SMARTS) is 1. The van der Waals surface area contributed by atoms with Gasteiger partial charge >= 0.3 is 5.97 Å². The molecule has 0 saturated heterocycles. The summed E-state index contributed by atoms with van der Waals surface area (Å²) in [7, 11) is 0. The van der Waals surface area contributed by atoms with Crippen LogP contribution in [-0.4, -0.2) is 44.8 Å². The van der Waals surface area contributed by atoms with Gasteiger partial charge in [-0.25, -0.2) is 4.68 Å². The number of nitrogens with zero attached hydrogens (tertiary/aromatic N) is 3. The summed E-state index contributed by atoms with van der Waals surface area (Å²) in [4.78, 5) is 24.4. The minimum atomic E-state index is -1.06. The van der Waals surface area contributed by atoms with Crippen molar-refractivity contribution in [3.63, 3.8) is 0 Å². The molecule has 0 aliphatic heterocycles. The van der Waals surface area contributed by atoms with Crippen molar-refractivity contribution in [2.75, 3.05) is 13.1 Å². The van der Waals surface area contributed by atoms with Crippen molar-refractivity contribution in [2.45, 2.75) is 13.8 Å². The quantitative estimate of drug-likeness (QED) is 0.917. The van der Waals surface area contributed by atoms with Gasteiger partial charge < -0.3 is 10.0 Å². The van der Waals surface area contributed by atoms with Crippen molar-refractivity contribution in [2.24, 2.45) is 0 Å². The summed E-state index contributed by atoms with van der Waals surface area (Å²) in [6.07, 6.45) is 0. The second-order valence-electron chi connectivity index (χ2n) is 4.75. The van der Waals surface area contributed by atoms with Crippen LogP contribution in [0.5, 0.6) is 0 Å². The van der Waals surface area contributed by atoms with Gasteiger partial charge in [-0.05, 0) is 32.0 Å². The number of amides is 1. The Balaban J connectivity index is 2.35. The molecule has 2 aromatic rings. The summed E-state index contributed by atoms with van der Waals surface area (Å²) in [6, 6.07) is 8.79. The van der Waals surface area contributed by atoms with Crippen molar-refractivity contribution < 1.29 is 14.7 Å². The van der Waals surface area contributed by atoms with Crippen LogP contribution in [0.4, 0.5) is 0 Å². The van der Waals surface area contributed by atoms with Crippen molar-refractivity contribution in [1.29, 1.82) is 0 Å². The molecule has 6 nitrogen and oxygen atoms in total. The van der Waals surface area contributed by atoms with Crippen molar-refractivity contribution >= 4 is 23.5 Å². The largest absolute Gasteiger partial charge is 0.480 e. The van der Waals surface area contributed by atoms with Crippen LogP contribution in [0, 0.1) is 6.92 Å². The van der Waals surface area contributed by atoms with Gasteiger partial charge in [-0.3, -0.25) is 9.59 Å². The molecular formula is C15H16ClN3O3. The van der Waals surface area contributed by atoms with Crippen LogP contribution in [0.2, 0.25) is 5.02 Å². The Bertz CT molecular complexity index is 712. The van der Waals surface area contributed by atoms with Gasteiger partial charge in [0.05, 0.1) is 10.7 Å². The molecule has 0 bridgehead atoms. The van der Waals surface area contributed by atoms with Crippen molar-refractivity contribution in [3.8, 4) is 5.69 Å². The van der Waals surface area contributed by atoms with Crippen LogP contribution in [0.1, 0.15) is 23.1 Å². The minimum absolute atomic E-state index is 0.195. The highest BCUT2D eigenvalue weighted by Gasteiger charge is 2.21. The molecule has 0 fully saturated rings. The maximum absolute atomic E-state index is 12.3. The molecule has 116 valence electrons. The van der Waals surface area contributed by atoms with E-state index in [1.807, 2.05) is 12.1 Å². The molecule has 2 rings (SSSR count). The van der Waals surface area contributed by atoms with Gasteiger partial charge in [0.15, 0.2) is 5.69 Å². The second-order valence-corrected chi connectivity index (χ2v) is 5.15. The summed E-state index contributed by atoms with van der Waals surface area (Å²) in [5.74, 6) is -1.48. The SMILES string of the molecule is CCN(CC(=O)O)C(=O)c1cc(C)n(-c2ccccc2Cl)n1. The number of hydrogen-bond acceptors (Lipinski definition) is 3. The molecule has 0 spiro atoms. The number of carbonyl (C=O) groups excluding carboxylic acids is 1. The number of likely N-dealkylation sites (N-methyl/N-ethyl adjacent to an activating group) is 1. The maximum Gasteiger partial charge on any atom is 0.323 e. The first-order valence-corrected chi connectivity index (χ1v) is 7.14. The van der Waals surface area contributed by atoms with E-state index in [-0.39, 0.29) is 12.2 Å². The third-order valence-electron chi connectivity index (χ3n) is 3.18. The fourth-order valence-electron chi connectivity index (χ4n) is 2.10. The molecule has 0 aliphatic rings. The number of aliphatic carboxylic acids is 1. The lowest BCUT2D eigenvalue weighted by Gasteiger charge is -2.16. The number of rotatable bonds is 5. The van der Waals surface area contributed by atoms with E-state index in [1.54, 1.807) is 36.7 Å². The predicted octanol–water partition coefficient (Wildman–Crippen LogP) is 2.38. The molecule has 7 heteroatoms. The van der Waals surface area contributed by atoms with Crippen LogP contribution in [0.15, 0.2) is 30.3 Å². The third-order valence-corrected chi connectivity index (χ3v) is 3.50. The molecule has 0 aliphatic carbocycles. The molecule has 0 radical (unpaired) electrons. The van der Waals surface area contributed by atoms with Gasteiger partial charge in [-0.2, -0.15) is 5.10 Å². The number of benzene rings is 1. The van der Waals surface area contributed by atoms with E-state index >= 15 is 0 Å². The van der Waals surface area contributed by atoms with E-state index in [2.05, 4.69) is 5.10 Å². The first kappa shape index (κ1) is 16.0. The van der Waals surface area contributed by atoms with Gasteiger partial charge in [0, 0.05) is 12.2 Å². The molecule has 1 aromatic carbocycles. The molecule has 22 heavy (non-hydrogen) atoms. The highest BCUT2D eigenvalue weighted by Crippen LogP contribution is 2.21. The van der Waals surface area contributed by atoms with Gasteiger partial charge in [0.1, 0.15) is 6.54 Å². The summed E-state index contributed by atoms with van der Waals surface area (Å²) < 4.78 is 1.57. The summed E-state index contributed by atoms with van der Waals surface area (Å²) in [6.45, 7) is 3.47. The van der Waals surface area contributed by atoms with E-state index < -0.39 is 11.9 Å². The Labute approximate surface area is 132 Å². The second kappa shape index (κ2) is 6.62. The Morgan fingerprint density at radius 2 is 2.05 bits per heavy atom. The van der Waals surface area contributed by atoms with E-state index in [0.29, 0.717) is 17.3 Å². The molecule has 0 saturated carbocycles. The molecule has 1 N–H and O–H groups in total. The molecule has 0 unspecified atom stereocenters. The standard InChI is InChI=1S/C15H16ClN3O3/c1-3-18(9-14(20)21)15(22)12-8-10(2)19(17-12)13-7-5-4-6-11(13)16/h4-8H,3,9H2,1-2H3,(H,20,21). The van der Waals surface area contributed by atoms with Crippen LogP contribution in [0.3, 0.4) is 0 Å². The van der Waals surface area contributed by atoms with Crippen LogP contribution in [-0.2, 0) is 4.79 Å². The Hall–Kier alpha value is -2.34. The van der Waals surface area contributed by atoms with Crippen LogP contribution >= 0.6 is 11.6 Å². The number of carbonyl (C=O) groups is 2. The first-order valence-electron chi connectivity index (χ1n) is 6.76. The van der Waals surface area contributed by atoms with Gasteiger partial charge in [-0.15, -0.1) is 0 Å². The number of para-hydroxylation sites is 1. The van der Waals surface area contributed by atoms with Gasteiger partial charge in [0.25, 0.3) is 5.91 Å². The molecule has 0 atom stereocenters. The van der Waals surface area contributed by atoms with Crippen LogP contribution in [0.25, 0.3) is 5.69 Å². The number of aromatic nitrogens is 2. The Morgan fingerprint density at radius 1 is 1.36 bits per heavy atom.